The van der Waals surface area contributed by atoms with Gasteiger partial charge in [0.15, 0.2) is 0 Å². The van der Waals surface area contributed by atoms with E-state index in [-0.39, 0.29) is 6.17 Å². The van der Waals surface area contributed by atoms with Gasteiger partial charge in [0.25, 0.3) is 0 Å². The molecule has 2 aromatic carbocycles. The van der Waals surface area contributed by atoms with E-state index in [2.05, 4.69) is 89.1 Å². The molecule has 22 heavy (non-hydrogen) atoms. The van der Waals surface area contributed by atoms with Crippen molar-refractivity contribution >= 4 is 11.4 Å². The molecule has 0 spiro atoms. The Hall–Kier alpha value is -1.96. The monoisotopic (exact) mass is 296 g/mol. The van der Waals surface area contributed by atoms with E-state index in [1.54, 1.807) is 0 Å². The predicted molar refractivity (Wildman–Crippen MR) is 98.1 cm³/mol. The Morgan fingerprint density at radius 1 is 0.864 bits per heavy atom. The molecule has 0 saturated carbocycles. The van der Waals surface area contributed by atoms with E-state index in [9.17, 15) is 0 Å². The first-order valence-electron chi connectivity index (χ1n) is 7.94. The van der Waals surface area contributed by atoms with Gasteiger partial charge in [-0.05, 0) is 81.5 Å². The Morgan fingerprint density at radius 2 is 1.55 bits per heavy atom. The Kier molecular flexibility index (Phi) is 4.80. The van der Waals surface area contributed by atoms with Gasteiger partial charge in [-0.2, -0.15) is 0 Å². The van der Waals surface area contributed by atoms with Crippen molar-refractivity contribution in [2.45, 2.75) is 47.7 Å². The minimum atomic E-state index is 0.223. The van der Waals surface area contributed by atoms with Crippen LogP contribution in [0.3, 0.4) is 0 Å². The maximum Gasteiger partial charge on any atom is 0.0958 e. The van der Waals surface area contributed by atoms with Crippen LogP contribution >= 0.6 is 0 Å². The van der Waals surface area contributed by atoms with Gasteiger partial charge in [-0.1, -0.05) is 18.2 Å². The predicted octanol–water partition coefficient (Wildman–Crippen LogP) is 5.12. The molecule has 0 aliphatic carbocycles. The summed E-state index contributed by atoms with van der Waals surface area (Å²) in [6.07, 6.45) is 0.223. The van der Waals surface area contributed by atoms with Crippen LogP contribution < -0.4 is 10.2 Å². The van der Waals surface area contributed by atoms with Crippen LogP contribution in [0, 0.1) is 34.6 Å². The lowest BCUT2D eigenvalue weighted by Crippen LogP contribution is -2.36. The molecule has 118 valence electrons. The third-order valence-electron chi connectivity index (χ3n) is 4.50. The first-order chi connectivity index (χ1) is 10.3. The van der Waals surface area contributed by atoms with Crippen LogP contribution in [0.15, 0.2) is 30.3 Å². The summed E-state index contributed by atoms with van der Waals surface area (Å²) < 4.78 is 0. The summed E-state index contributed by atoms with van der Waals surface area (Å²) in [5.41, 5.74) is 9.06. The number of benzene rings is 2. The second kappa shape index (κ2) is 6.43. The largest absolute Gasteiger partial charge is 0.365 e. The summed E-state index contributed by atoms with van der Waals surface area (Å²) in [5.74, 6) is 0. The van der Waals surface area contributed by atoms with Gasteiger partial charge in [-0.15, -0.1) is 0 Å². The Bertz CT molecular complexity index is 674. The van der Waals surface area contributed by atoms with Gasteiger partial charge in [0.05, 0.1) is 6.17 Å². The van der Waals surface area contributed by atoms with Crippen LogP contribution in [-0.2, 0) is 0 Å². The average molecular weight is 296 g/mol. The van der Waals surface area contributed by atoms with Gasteiger partial charge in [0.2, 0.25) is 0 Å². The number of hydrogen-bond donors (Lipinski definition) is 1. The summed E-state index contributed by atoms with van der Waals surface area (Å²) >= 11 is 0. The van der Waals surface area contributed by atoms with Gasteiger partial charge < -0.3 is 10.2 Å². The van der Waals surface area contributed by atoms with Crippen LogP contribution in [0.4, 0.5) is 11.4 Å². The summed E-state index contributed by atoms with van der Waals surface area (Å²) in [6.45, 7) is 13.0. The topological polar surface area (TPSA) is 15.3 Å². The highest BCUT2D eigenvalue weighted by molar-refractivity contribution is 5.60. The molecule has 1 N–H and O–H groups in total. The van der Waals surface area contributed by atoms with E-state index in [0.717, 1.165) is 0 Å². The molecule has 0 heterocycles. The quantitative estimate of drug-likeness (QED) is 0.787. The molecule has 0 saturated heterocycles. The molecule has 2 nitrogen and oxygen atoms in total. The molecule has 2 heteroatoms. The Labute approximate surface area is 135 Å². The minimum Gasteiger partial charge on any atom is -0.365 e. The van der Waals surface area contributed by atoms with Gasteiger partial charge >= 0.3 is 0 Å². The lowest BCUT2D eigenvalue weighted by atomic mass is 10.0. The SMILES string of the molecule is Cc1cc(C)c(C)c(N[C@H](C)N(C)c2cc(C)ccc2C)c1. The molecule has 0 aliphatic heterocycles. The molecule has 1 atom stereocenters. The first-order valence-corrected chi connectivity index (χ1v) is 7.94. The lowest BCUT2D eigenvalue weighted by Gasteiger charge is -2.31. The fraction of sp³-hybridized carbons (Fsp3) is 0.400. The highest BCUT2D eigenvalue weighted by atomic mass is 15.2. The first kappa shape index (κ1) is 16.4. The van der Waals surface area contributed by atoms with E-state index in [1.807, 2.05) is 0 Å². The normalized spacial score (nSPS) is 12.1. The highest BCUT2D eigenvalue weighted by Crippen LogP contribution is 2.25. The third-order valence-corrected chi connectivity index (χ3v) is 4.50. The Morgan fingerprint density at radius 3 is 2.23 bits per heavy atom. The van der Waals surface area contributed by atoms with Crippen LogP contribution in [0.1, 0.15) is 34.7 Å². The van der Waals surface area contributed by atoms with Crippen molar-refractivity contribution in [3.8, 4) is 0 Å². The van der Waals surface area contributed by atoms with Crippen molar-refractivity contribution in [3.63, 3.8) is 0 Å². The highest BCUT2D eigenvalue weighted by Gasteiger charge is 2.13. The van der Waals surface area contributed by atoms with E-state index in [0.29, 0.717) is 0 Å². The number of nitrogens with zero attached hydrogens (tertiary/aromatic N) is 1. The van der Waals surface area contributed by atoms with Crippen molar-refractivity contribution < 1.29 is 0 Å². The van der Waals surface area contributed by atoms with Crippen molar-refractivity contribution in [2.24, 2.45) is 0 Å². The maximum atomic E-state index is 3.66. The molecule has 0 aromatic heterocycles. The van der Waals surface area contributed by atoms with Gasteiger partial charge in [-0.25, -0.2) is 0 Å². The smallest absolute Gasteiger partial charge is 0.0958 e. The molecule has 0 bridgehead atoms. The molecule has 2 aromatic rings. The maximum absolute atomic E-state index is 3.66. The lowest BCUT2D eigenvalue weighted by molar-refractivity contribution is 0.765. The number of anilines is 2. The molecule has 0 fully saturated rings. The Balaban J connectivity index is 2.25. The van der Waals surface area contributed by atoms with Gasteiger partial charge in [0, 0.05) is 18.4 Å². The second-order valence-electron chi connectivity index (χ2n) is 6.48. The van der Waals surface area contributed by atoms with Crippen LogP contribution in [0.25, 0.3) is 0 Å². The number of rotatable bonds is 4. The molecule has 0 radical (unpaired) electrons. The van der Waals surface area contributed by atoms with Gasteiger partial charge in [0.1, 0.15) is 0 Å². The van der Waals surface area contributed by atoms with E-state index in [1.165, 1.54) is 39.2 Å². The molecular formula is C20H28N2. The standard InChI is InChI=1S/C20H28N2/c1-13-8-9-15(3)20(12-13)22(7)18(6)21-19-11-14(2)10-16(4)17(19)5/h8-12,18,21H,1-7H3/t18-/m0/s1. The summed E-state index contributed by atoms with van der Waals surface area (Å²) in [5, 5.41) is 3.66. The number of nitrogens with one attached hydrogen (secondary N) is 1. The molecule has 2 rings (SSSR count). The average Bonchev–Trinajstić information content (AvgIpc) is 2.46. The fourth-order valence-corrected chi connectivity index (χ4v) is 2.82. The van der Waals surface area contributed by atoms with Crippen molar-refractivity contribution in [1.82, 2.24) is 0 Å². The third kappa shape index (κ3) is 3.44. The molecular weight excluding hydrogens is 268 g/mol. The van der Waals surface area contributed by atoms with Crippen LogP contribution in [0.2, 0.25) is 0 Å². The summed E-state index contributed by atoms with van der Waals surface area (Å²) in [7, 11) is 2.15. The van der Waals surface area contributed by atoms with Crippen molar-refractivity contribution in [3.05, 3.63) is 58.1 Å². The minimum absolute atomic E-state index is 0.223. The van der Waals surface area contributed by atoms with E-state index >= 15 is 0 Å². The van der Waals surface area contributed by atoms with Gasteiger partial charge in [-0.3, -0.25) is 0 Å². The molecule has 0 unspecified atom stereocenters. The zero-order valence-corrected chi connectivity index (χ0v) is 14.9. The van der Waals surface area contributed by atoms with E-state index in [4.69, 9.17) is 0 Å². The summed E-state index contributed by atoms with van der Waals surface area (Å²) in [4.78, 5) is 2.31. The number of aryl methyl sites for hydroxylation is 4. The molecule has 0 amide bonds. The van der Waals surface area contributed by atoms with E-state index < -0.39 is 0 Å². The van der Waals surface area contributed by atoms with Crippen LogP contribution in [0.5, 0.6) is 0 Å². The fourth-order valence-electron chi connectivity index (χ4n) is 2.82. The zero-order chi connectivity index (χ0) is 16.4. The van der Waals surface area contributed by atoms with Crippen LogP contribution in [-0.4, -0.2) is 13.2 Å². The molecule has 0 aliphatic rings. The second-order valence-corrected chi connectivity index (χ2v) is 6.48. The van der Waals surface area contributed by atoms with Crippen molar-refractivity contribution in [1.29, 1.82) is 0 Å². The van der Waals surface area contributed by atoms with Crippen molar-refractivity contribution in [2.75, 3.05) is 17.3 Å². The summed E-state index contributed by atoms with van der Waals surface area (Å²) in [6, 6.07) is 11.1. The number of hydrogen-bond acceptors (Lipinski definition) is 2. The zero-order valence-electron chi connectivity index (χ0n) is 14.9.